The Balaban J connectivity index is 4.63. The van der Waals surface area contributed by atoms with Crippen LogP contribution in [0, 0.1) is 0 Å². The molecule has 1 atom stereocenters. The first-order chi connectivity index (χ1) is 33.0. The van der Waals surface area contributed by atoms with E-state index in [2.05, 4.69) is 45.1 Å². The van der Waals surface area contributed by atoms with Crippen LogP contribution in [0.2, 0.25) is 0 Å². The van der Waals surface area contributed by atoms with Crippen molar-refractivity contribution in [3.8, 4) is 0 Å². The van der Waals surface area contributed by atoms with Gasteiger partial charge in [-0.15, -0.1) is 0 Å². The summed E-state index contributed by atoms with van der Waals surface area (Å²) >= 11 is 0. The number of carbonyl (C=O) groups excluding carboxylic acids is 3. The molecule has 0 radical (unpaired) electrons. The Morgan fingerprint density at radius 2 is 0.582 bits per heavy atom. The molecule has 0 aromatic carbocycles. The highest BCUT2D eigenvalue weighted by atomic mass is 16.6. The molecule has 0 aromatic heterocycles. The van der Waals surface area contributed by atoms with E-state index >= 15 is 0 Å². The molecule has 0 amide bonds. The van der Waals surface area contributed by atoms with Gasteiger partial charge in [0.1, 0.15) is 13.2 Å². The van der Waals surface area contributed by atoms with E-state index in [-0.39, 0.29) is 44.0 Å². The lowest BCUT2D eigenvalue weighted by Crippen LogP contribution is -2.30. The van der Waals surface area contributed by atoms with Gasteiger partial charge in [0.15, 0.2) is 6.10 Å². The van der Waals surface area contributed by atoms with Gasteiger partial charge in [-0.3, -0.25) is 14.4 Å². The fraction of sp³-hybridized carbons (Fsp3) is 0.492. The molecule has 6 heteroatoms. The fourth-order valence-corrected chi connectivity index (χ4v) is 6.29. The minimum atomic E-state index is -0.829. The predicted octanol–water partition coefficient (Wildman–Crippen LogP) is 17.2. The van der Waals surface area contributed by atoms with Gasteiger partial charge in [0.05, 0.1) is 0 Å². The summed E-state index contributed by atoms with van der Waals surface area (Å²) in [5, 5.41) is 0. The Labute approximate surface area is 409 Å². The highest BCUT2D eigenvalue weighted by Crippen LogP contribution is 2.13. The number of carbonyl (C=O) groups is 3. The van der Waals surface area contributed by atoms with Crippen molar-refractivity contribution in [1.82, 2.24) is 0 Å². The molecular formula is C61H90O6. The van der Waals surface area contributed by atoms with E-state index < -0.39 is 6.10 Å². The van der Waals surface area contributed by atoms with Crippen molar-refractivity contribution in [3.05, 3.63) is 170 Å². The number of esters is 3. The molecule has 0 bridgehead atoms. The maximum absolute atomic E-state index is 12.8. The lowest BCUT2D eigenvalue weighted by Gasteiger charge is -2.18. The van der Waals surface area contributed by atoms with Crippen LogP contribution in [-0.2, 0) is 28.6 Å². The van der Waals surface area contributed by atoms with Crippen molar-refractivity contribution in [2.45, 2.75) is 181 Å². The summed E-state index contributed by atoms with van der Waals surface area (Å²) in [6.07, 6.45) is 78.9. The summed E-state index contributed by atoms with van der Waals surface area (Å²) in [7, 11) is 0. The molecule has 0 aromatic rings. The minimum absolute atomic E-state index is 0.120. The van der Waals surface area contributed by atoms with E-state index in [9.17, 15) is 14.4 Å². The molecule has 0 spiro atoms. The average Bonchev–Trinajstić information content (AvgIpc) is 3.33. The van der Waals surface area contributed by atoms with E-state index in [1.807, 2.05) is 146 Å². The summed E-state index contributed by atoms with van der Waals surface area (Å²) in [6, 6.07) is 0. The molecule has 6 nitrogen and oxygen atoms in total. The number of unbranched alkanes of at least 4 members (excludes halogenated alkanes) is 16. The molecule has 370 valence electrons. The van der Waals surface area contributed by atoms with Crippen molar-refractivity contribution in [2.75, 3.05) is 13.2 Å². The fourth-order valence-electron chi connectivity index (χ4n) is 6.29. The van der Waals surface area contributed by atoms with Gasteiger partial charge in [-0.1, -0.05) is 268 Å². The van der Waals surface area contributed by atoms with Crippen molar-refractivity contribution in [2.24, 2.45) is 0 Å². The molecule has 1 unspecified atom stereocenters. The van der Waals surface area contributed by atoms with Crippen LogP contribution in [0.4, 0.5) is 0 Å². The minimum Gasteiger partial charge on any atom is -0.462 e. The van der Waals surface area contributed by atoms with E-state index in [1.165, 1.54) is 51.4 Å². The normalized spacial score (nSPS) is 13.5. The summed E-state index contributed by atoms with van der Waals surface area (Å²) in [6.45, 7) is 6.23. The number of ether oxygens (including phenoxy) is 3. The third-order valence-corrected chi connectivity index (χ3v) is 10.1. The van der Waals surface area contributed by atoms with Crippen LogP contribution in [0.5, 0.6) is 0 Å². The molecule has 0 saturated heterocycles. The van der Waals surface area contributed by atoms with Crippen LogP contribution in [0.25, 0.3) is 0 Å². The van der Waals surface area contributed by atoms with Crippen LogP contribution in [0.15, 0.2) is 170 Å². The number of hydrogen-bond acceptors (Lipinski definition) is 6. The summed E-state index contributed by atoms with van der Waals surface area (Å²) < 4.78 is 16.7. The quantitative estimate of drug-likeness (QED) is 0.0262. The number of rotatable bonds is 43. The van der Waals surface area contributed by atoms with Gasteiger partial charge in [0.2, 0.25) is 0 Å². The smallest absolute Gasteiger partial charge is 0.306 e. The lowest BCUT2D eigenvalue weighted by molar-refractivity contribution is -0.167. The Morgan fingerprint density at radius 3 is 0.910 bits per heavy atom. The zero-order valence-corrected chi connectivity index (χ0v) is 42.1. The van der Waals surface area contributed by atoms with Crippen LogP contribution < -0.4 is 0 Å². The Hall–Kier alpha value is -5.23. The molecule has 0 heterocycles. The van der Waals surface area contributed by atoms with E-state index in [0.29, 0.717) is 19.3 Å². The van der Waals surface area contributed by atoms with Gasteiger partial charge in [-0.2, -0.15) is 0 Å². The number of allylic oxidation sites excluding steroid dienone is 28. The van der Waals surface area contributed by atoms with Crippen molar-refractivity contribution >= 4 is 17.9 Å². The van der Waals surface area contributed by atoms with Crippen molar-refractivity contribution < 1.29 is 28.6 Å². The Kier molecular flexibility index (Phi) is 49.2. The molecular weight excluding hydrogens is 829 g/mol. The van der Waals surface area contributed by atoms with E-state index in [0.717, 1.165) is 70.6 Å². The van der Waals surface area contributed by atoms with Gasteiger partial charge in [0, 0.05) is 19.3 Å². The monoisotopic (exact) mass is 919 g/mol. The average molecular weight is 919 g/mol. The van der Waals surface area contributed by atoms with Gasteiger partial charge >= 0.3 is 17.9 Å². The highest BCUT2D eigenvalue weighted by molar-refractivity contribution is 5.71. The van der Waals surface area contributed by atoms with Crippen molar-refractivity contribution in [3.63, 3.8) is 0 Å². The predicted molar refractivity (Wildman–Crippen MR) is 288 cm³/mol. The zero-order valence-electron chi connectivity index (χ0n) is 42.1. The van der Waals surface area contributed by atoms with Crippen LogP contribution in [0.1, 0.15) is 175 Å². The Morgan fingerprint density at radius 1 is 0.313 bits per heavy atom. The second-order valence-electron chi connectivity index (χ2n) is 16.3. The maximum atomic E-state index is 12.8. The third-order valence-electron chi connectivity index (χ3n) is 10.1. The topological polar surface area (TPSA) is 78.9 Å². The summed E-state index contributed by atoms with van der Waals surface area (Å²) in [5.74, 6) is -1.03. The second kappa shape index (κ2) is 53.4. The SMILES string of the molecule is CC\C=C/C=C\C=C/C=C\C=C\C=C/C=C\CCCCCC(=O)OCC(COC(=O)CCCCCCCCCCCCC)OC(=O)CCCCC\C=C/C=C\C=C\C=C/C=C\C=C/C=C\CC. The molecule has 67 heavy (non-hydrogen) atoms. The summed E-state index contributed by atoms with van der Waals surface area (Å²) in [5.41, 5.74) is 0. The molecule has 0 rings (SSSR count). The molecule has 0 aliphatic heterocycles. The van der Waals surface area contributed by atoms with Crippen molar-refractivity contribution in [1.29, 1.82) is 0 Å². The lowest BCUT2D eigenvalue weighted by atomic mass is 10.1. The number of hydrogen-bond donors (Lipinski definition) is 0. The van der Waals surface area contributed by atoms with E-state index in [4.69, 9.17) is 14.2 Å². The first-order valence-electron chi connectivity index (χ1n) is 25.8. The molecule has 0 N–H and O–H groups in total. The van der Waals surface area contributed by atoms with Crippen LogP contribution in [-0.4, -0.2) is 37.2 Å². The second-order valence-corrected chi connectivity index (χ2v) is 16.3. The highest BCUT2D eigenvalue weighted by Gasteiger charge is 2.19. The van der Waals surface area contributed by atoms with Gasteiger partial charge in [0.25, 0.3) is 0 Å². The Bertz CT molecular complexity index is 1620. The molecule has 0 aliphatic rings. The summed E-state index contributed by atoms with van der Waals surface area (Å²) in [4.78, 5) is 38.0. The first kappa shape index (κ1) is 61.8. The molecule has 0 aliphatic carbocycles. The van der Waals surface area contributed by atoms with E-state index in [1.54, 1.807) is 0 Å². The van der Waals surface area contributed by atoms with Crippen LogP contribution >= 0.6 is 0 Å². The molecule has 0 fully saturated rings. The van der Waals surface area contributed by atoms with Gasteiger partial charge in [-0.05, 0) is 57.8 Å². The zero-order chi connectivity index (χ0) is 48.6. The third kappa shape index (κ3) is 51.6. The molecule has 0 saturated carbocycles. The van der Waals surface area contributed by atoms with Crippen LogP contribution in [0.3, 0.4) is 0 Å². The maximum Gasteiger partial charge on any atom is 0.306 e. The first-order valence-corrected chi connectivity index (χ1v) is 25.8. The van der Waals surface area contributed by atoms with Gasteiger partial charge < -0.3 is 14.2 Å². The van der Waals surface area contributed by atoms with Gasteiger partial charge in [-0.25, -0.2) is 0 Å². The largest absolute Gasteiger partial charge is 0.462 e. The standard InChI is InChI=1S/C61H90O6/c1-4-7-10-13-16-19-22-24-26-28-30-32-34-36-39-42-45-48-51-54-60(63)66-57-58(56-65-59(62)53-50-47-44-41-38-21-18-15-12-9-6-3)67-61(64)55-52-49-46-43-40-37-35-33-31-29-27-25-23-20-17-14-11-8-5-2/h7-8,10-11,13-14,16-17,19-20,22-37,39-40,58H,4-6,9,12,15,18,21,38,41-57H2,1-3H3/b10-7-,11-8-,16-13-,17-14-,22-19-,23-20-,26-24-,27-25-,30-28+,31-29+,34-32-,35-33-,39-36-,40-37-.